The summed E-state index contributed by atoms with van der Waals surface area (Å²) < 4.78 is 1.77. The third-order valence-electron chi connectivity index (χ3n) is 2.64. The summed E-state index contributed by atoms with van der Waals surface area (Å²) in [5, 5.41) is 7.40. The third kappa shape index (κ3) is 6.22. The smallest absolute Gasteiger partial charge is 0.133 e. The lowest BCUT2D eigenvalue weighted by atomic mass is 10.1. The van der Waals surface area contributed by atoms with E-state index in [4.69, 9.17) is 0 Å². The lowest BCUT2D eigenvalue weighted by Crippen LogP contribution is -2.24. The maximum atomic E-state index is 11.6. The number of hydrogen-bond acceptors (Lipinski definition) is 3. The number of aromatic nitrogens is 2. The molecule has 0 atom stereocenters. The zero-order valence-corrected chi connectivity index (χ0v) is 11.1. The van der Waals surface area contributed by atoms with E-state index in [2.05, 4.69) is 24.3 Å². The summed E-state index contributed by atoms with van der Waals surface area (Å²) >= 11 is 0. The maximum Gasteiger partial charge on any atom is 0.133 e. The van der Waals surface area contributed by atoms with Crippen molar-refractivity contribution in [1.82, 2.24) is 15.1 Å². The molecule has 0 aliphatic rings. The van der Waals surface area contributed by atoms with Crippen LogP contribution in [0.3, 0.4) is 0 Å². The van der Waals surface area contributed by atoms with E-state index in [-0.39, 0.29) is 0 Å². The first-order valence-corrected chi connectivity index (χ1v) is 6.30. The molecule has 0 amide bonds. The number of ketones is 1. The van der Waals surface area contributed by atoms with Crippen molar-refractivity contribution < 1.29 is 4.79 Å². The van der Waals surface area contributed by atoms with Crippen LogP contribution in [-0.2, 0) is 18.3 Å². The molecular formula is C13H23N3O. The van der Waals surface area contributed by atoms with Gasteiger partial charge in [-0.1, -0.05) is 13.8 Å². The molecule has 1 aromatic rings. The van der Waals surface area contributed by atoms with Crippen LogP contribution in [0.15, 0.2) is 12.4 Å². The van der Waals surface area contributed by atoms with Crippen molar-refractivity contribution in [2.75, 3.05) is 6.54 Å². The van der Waals surface area contributed by atoms with Gasteiger partial charge in [0.2, 0.25) is 0 Å². The number of nitrogens with zero attached hydrogens (tertiary/aromatic N) is 2. The summed E-state index contributed by atoms with van der Waals surface area (Å²) in [6, 6.07) is 0.500. The Morgan fingerprint density at radius 3 is 2.82 bits per heavy atom. The number of carbonyl (C=O) groups is 1. The molecule has 0 spiro atoms. The fourth-order valence-electron chi connectivity index (χ4n) is 1.69. The van der Waals surface area contributed by atoms with Crippen molar-refractivity contribution in [3.63, 3.8) is 0 Å². The van der Waals surface area contributed by atoms with Gasteiger partial charge in [-0.2, -0.15) is 5.10 Å². The van der Waals surface area contributed by atoms with Gasteiger partial charge in [0, 0.05) is 32.1 Å². The summed E-state index contributed by atoms with van der Waals surface area (Å²) in [6.45, 7) is 5.16. The zero-order chi connectivity index (χ0) is 12.7. The Morgan fingerprint density at radius 2 is 2.24 bits per heavy atom. The quantitative estimate of drug-likeness (QED) is 0.700. The zero-order valence-electron chi connectivity index (χ0n) is 11.1. The third-order valence-corrected chi connectivity index (χ3v) is 2.64. The standard InChI is InChI=1S/C13H23N3O/c1-11(2)14-8-4-5-13(17)7-6-12-9-15-16(3)10-12/h9-11,14H,4-8H2,1-3H3. The fourth-order valence-corrected chi connectivity index (χ4v) is 1.69. The average molecular weight is 237 g/mol. The van der Waals surface area contributed by atoms with Gasteiger partial charge in [0.05, 0.1) is 6.20 Å². The Bertz CT molecular complexity index is 344. The highest BCUT2D eigenvalue weighted by molar-refractivity contribution is 5.78. The molecule has 17 heavy (non-hydrogen) atoms. The average Bonchev–Trinajstić information content (AvgIpc) is 2.67. The lowest BCUT2D eigenvalue weighted by Gasteiger charge is -2.06. The number of hydrogen-bond donors (Lipinski definition) is 1. The fraction of sp³-hybridized carbons (Fsp3) is 0.692. The molecule has 1 heterocycles. The van der Waals surface area contributed by atoms with E-state index in [1.54, 1.807) is 4.68 Å². The number of carbonyl (C=O) groups excluding carboxylic acids is 1. The summed E-state index contributed by atoms with van der Waals surface area (Å²) in [6.07, 6.45) is 6.85. The van der Waals surface area contributed by atoms with Gasteiger partial charge in [-0.15, -0.1) is 0 Å². The molecule has 0 bridgehead atoms. The van der Waals surface area contributed by atoms with Gasteiger partial charge in [-0.05, 0) is 24.9 Å². The second kappa shape index (κ2) is 7.22. The summed E-state index contributed by atoms with van der Waals surface area (Å²) in [4.78, 5) is 11.6. The summed E-state index contributed by atoms with van der Waals surface area (Å²) in [5.41, 5.74) is 1.14. The second-order valence-electron chi connectivity index (χ2n) is 4.77. The second-order valence-corrected chi connectivity index (χ2v) is 4.77. The molecule has 1 aromatic heterocycles. The number of Topliss-reactive ketones (excluding diaryl/α,β-unsaturated/α-hetero) is 1. The summed E-state index contributed by atoms with van der Waals surface area (Å²) in [7, 11) is 1.89. The van der Waals surface area contributed by atoms with Crippen LogP contribution in [0, 0.1) is 0 Å². The Labute approximate surface area is 103 Å². The maximum absolute atomic E-state index is 11.6. The van der Waals surface area contributed by atoms with Crippen LogP contribution in [0.2, 0.25) is 0 Å². The van der Waals surface area contributed by atoms with Gasteiger partial charge in [0.25, 0.3) is 0 Å². The van der Waals surface area contributed by atoms with Crippen molar-refractivity contribution in [1.29, 1.82) is 0 Å². The van der Waals surface area contributed by atoms with Gasteiger partial charge in [-0.25, -0.2) is 0 Å². The Hall–Kier alpha value is -1.16. The van der Waals surface area contributed by atoms with Crippen LogP contribution in [0.5, 0.6) is 0 Å². The normalized spacial score (nSPS) is 11.1. The number of nitrogens with one attached hydrogen (secondary N) is 1. The lowest BCUT2D eigenvalue weighted by molar-refractivity contribution is -0.119. The molecule has 0 aliphatic carbocycles. The van der Waals surface area contributed by atoms with Gasteiger partial charge in [0.15, 0.2) is 0 Å². The van der Waals surface area contributed by atoms with E-state index >= 15 is 0 Å². The largest absolute Gasteiger partial charge is 0.315 e. The van der Waals surface area contributed by atoms with E-state index in [1.165, 1.54) is 0 Å². The monoisotopic (exact) mass is 237 g/mol. The predicted octanol–water partition coefficient (Wildman–Crippen LogP) is 1.70. The van der Waals surface area contributed by atoms with Crippen molar-refractivity contribution in [2.24, 2.45) is 7.05 Å². The van der Waals surface area contributed by atoms with E-state index < -0.39 is 0 Å². The molecule has 0 radical (unpaired) electrons. The first-order chi connectivity index (χ1) is 8.08. The minimum atomic E-state index is 0.347. The van der Waals surface area contributed by atoms with Gasteiger partial charge in [0.1, 0.15) is 5.78 Å². The number of rotatable bonds is 8. The molecule has 0 saturated carbocycles. The van der Waals surface area contributed by atoms with Crippen LogP contribution in [0.25, 0.3) is 0 Å². The first kappa shape index (κ1) is 13.9. The molecule has 0 saturated heterocycles. The molecule has 96 valence electrons. The van der Waals surface area contributed by atoms with Crippen molar-refractivity contribution >= 4 is 5.78 Å². The predicted molar refractivity (Wildman–Crippen MR) is 68.9 cm³/mol. The molecule has 4 nitrogen and oxygen atoms in total. The highest BCUT2D eigenvalue weighted by Crippen LogP contribution is 2.04. The highest BCUT2D eigenvalue weighted by Gasteiger charge is 2.04. The Morgan fingerprint density at radius 1 is 1.47 bits per heavy atom. The number of aryl methyl sites for hydroxylation is 2. The van der Waals surface area contributed by atoms with E-state index in [9.17, 15) is 4.79 Å². The molecule has 0 fully saturated rings. The SMILES string of the molecule is CC(C)NCCCC(=O)CCc1cnn(C)c1. The molecule has 0 unspecified atom stereocenters. The van der Waals surface area contributed by atoms with Crippen LogP contribution in [-0.4, -0.2) is 28.2 Å². The molecule has 0 aliphatic heterocycles. The van der Waals surface area contributed by atoms with E-state index in [1.807, 2.05) is 19.4 Å². The van der Waals surface area contributed by atoms with E-state index in [0.717, 1.165) is 24.9 Å². The topological polar surface area (TPSA) is 46.9 Å². The first-order valence-electron chi connectivity index (χ1n) is 6.30. The van der Waals surface area contributed by atoms with Crippen molar-refractivity contribution in [2.45, 2.75) is 45.6 Å². The van der Waals surface area contributed by atoms with E-state index in [0.29, 0.717) is 24.7 Å². The molecule has 1 rings (SSSR count). The van der Waals surface area contributed by atoms with Crippen LogP contribution in [0.1, 0.15) is 38.7 Å². The molecule has 1 N–H and O–H groups in total. The molecule has 4 heteroatoms. The summed E-state index contributed by atoms with van der Waals surface area (Å²) in [5.74, 6) is 0.347. The highest BCUT2D eigenvalue weighted by atomic mass is 16.1. The van der Waals surface area contributed by atoms with Crippen LogP contribution < -0.4 is 5.32 Å². The Kier molecular flexibility index (Phi) is 5.91. The van der Waals surface area contributed by atoms with Crippen LogP contribution in [0.4, 0.5) is 0 Å². The minimum absolute atomic E-state index is 0.347. The minimum Gasteiger partial charge on any atom is -0.315 e. The van der Waals surface area contributed by atoms with Crippen molar-refractivity contribution in [3.05, 3.63) is 18.0 Å². The van der Waals surface area contributed by atoms with Crippen LogP contribution >= 0.6 is 0 Å². The van der Waals surface area contributed by atoms with Crippen molar-refractivity contribution in [3.8, 4) is 0 Å². The Balaban J connectivity index is 2.09. The van der Waals surface area contributed by atoms with Gasteiger partial charge >= 0.3 is 0 Å². The van der Waals surface area contributed by atoms with Gasteiger partial charge in [-0.3, -0.25) is 9.48 Å². The van der Waals surface area contributed by atoms with Gasteiger partial charge < -0.3 is 5.32 Å². The molecule has 0 aromatic carbocycles. The molecular weight excluding hydrogens is 214 g/mol.